The number of nitrogens with one attached hydrogen (secondary N) is 1. The first-order chi connectivity index (χ1) is 9.45. The number of hydrogen-bond acceptors (Lipinski definition) is 3. The Labute approximate surface area is 124 Å². The summed E-state index contributed by atoms with van der Waals surface area (Å²) in [5.41, 5.74) is 2.31. The average molecular weight is 294 g/mol. The number of carbonyl (C=O) groups is 2. The van der Waals surface area contributed by atoms with E-state index < -0.39 is 6.04 Å². The van der Waals surface area contributed by atoms with E-state index in [1.807, 2.05) is 20.8 Å². The van der Waals surface area contributed by atoms with Crippen molar-refractivity contribution in [1.29, 1.82) is 0 Å². The highest BCUT2D eigenvalue weighted by atomic mass is 32.1. The Morgan fingerprint density at radius 1 is 1.40 bits per heavy atom. The fourth-order valence-electron chi connectivity index (χ4n) is 2.42. The maximum absolute atomic E-state index is 12.6. The average Bonchev–Trinajstić information content (AvgIpc) is 2.83. The number of nitrogens with zero attached hydrogens (tertiary/aromatic N) is 1. The molecule has 1 saturated heterocycles. The molecule has 0 aliphatic carbocycles. The molecule has 1 fully saturated rings. The van der Waals surface area contributed by atoms with Crippen LogP contribution in [-0.2, 0) is 16.1 Å². The van der Waals surface area contributed by atoms with Gasteiger partial charge in [-0.05, 0) is 41.7 Å². The lowest BCUT2D eigenvalue weighted by atomic mass is 9.94. The number of thiophene rings is 1. The fourth-order valence-corrected chi connectivity index (χ4v) is 3.26. The molecular weight excluding hydrogens is 272 g/mol. The second-order valence-corrected chi connectivity index (χ2v) is 6.34. The lowest BCUT2D eigenvalue weighted by Gasteiger charge is -2.39. The fraction of sp³-hybridized carbons (Fsp3) is 0.600. The van der Waals surface area contributed by atoms with E-state index in [1.54, 1.807) is 23.2 Å². The third-order valence-corrected chi connectivity index (χ3v) is 5.12. The first-order valence-electron chi connectivity index (χ1n) is 7.08. The van der Waals surface area contributed by atoms with E-state index in [-0.39, 0.29) is 23.8 Å². The number of hydrogen-bond donors (Lipinski definition) is 1. The van der Waals surface area contributed by atoms with Crippen LogP contribution < -0.4 is 5.32 Å². The first-order valence-corrected chi connectivity index (χ1v) is 8.02. The summed E-state index contributed by atoms with van der Waals surface area (Å²) in [7, 11) is 0. The maximum atomic E-state index is 12.6. The normalized spacial score (nSPS) is 24.7. The van der Waals surface area contributed by atoms with Crippen LogP contribution in [0.5, 0.6) is 0 Å². The minimum Gasteiger partial charge on any atom is -0.342 e. The van der Waals surface area contributed by atoms with E-state index in [4.69, 9.17) is 0 Å². The topological polar surface area (TPSA) is 49.4 Å². The summed E-state index contributed by atoms with van der Waals surface area (Å²) >= 11 is 1.63. The molecule has 3 atom stereocenters. The van der Waals surface area contributed by atoms with Gasteiger partial charge in [-0.15, -0.1) is 0 Å². The molecule has 1 aliphatic rings. The van der Waals surface area contributed by atoms with Crippen molar-refractivity contribution in [3.8, 4) is 0 Å². The number of amides is 2. The molecule has 20 heavy (non-hydrogen) atoms. The van der Waals surface area contributed by atoms with E-state index in [9.17, 15) is 9.59 Å². The third-order valence-electron chi connectivity index (χ3n) is 4.21. The molecule has 0 bridgehead atoms. The lowest BCUT2D eigenvalue weighted by molar-refractivity contribution is -0.150. The summed E-state index contributed by atoms with van der Waals surface area (Å²) in [6.45, 7) is 8.40. The Kier molecular flexibility index (Phi) is 4.48. The molecule has 2 rings (SSSR count). The largest absolute Gasteiger partial charge is 0.342 e. The molecular formula is C15H22N2O2S. The standard InChI is InChI=1S/C15H22N2O2S/c1-5-9(2)13-15(19)17(11(4)14(18)16-13)6-12-8-20-7-10(12)3/h7-9,11,13H,5-6H2,1-4H3,(H,16,18). The summed E-state index contributed by atoms with van der Waals surface area (Å²) < 4.78 is 0. The Morgan fingerprint density at radius 2 is 2.10 bits per heavy atom. The number of rotatable bonds is 4. The van der Waals surface area contributed by atoms with Gasteiger partial charge >= 0.3 is 0 Å². The summed E-state index contributed by atoms with van der Waals surface area (Å²) in [6.07, 6.45) is 0.871. The molecule has 3 unspecified atom stereocenters. The smallest absolute Gasteiger partial charge is 0.246 e. The summed E-state index contributed by atoms with van der Waals surface area (Å²) in [4.78, 5) is 26.4. The first kappa shape index (κ1) is 15.0. The number of piperazine rings is 1. The number of carbonyl (C=O) groups excluding carboxylic acids is 2. The highest BCUT2D eigenvalue weighted by Crippen LogP contribution is 2.22. The van der Waals surface area contributed by atoms with Gasteiger partial charge in [-0.3, -0.25) is 9.59 Å². The predicted octanol–water partition coefficient (Wildman–Crippen LogP) is 2.32. The van der Waals surface area contributed by atoms with Crippen molar-refractivity contribution in [3.05, 3.63) is 21.9 Å². The molecule has 1 aromatic rings. The Bertz CT molecular complexity index is 512. The van der Waals surface area contributed by atoms with Crippen molar-refractivity contribution >= 4 is 23.2 Å². The van der Waals surface area contributed by atoms with Gasteiger partial charge in [-0.25, -0.2) is 0 Å². The van der Waals surface area contributed by atoms with Gasteiger partial charge in [0.05, 0.1) is 0 Å². The molecule has 5 heteroatoms. The van der Waals surface area contributed by atoms with Gasteiger partial charge in [0.15, 0.2) is 0 Å². The molecule has 1 N–H and O–H groups in total. The molecule has 110 valence electrons. The Balaban J connectivity index is 2.22. The summed E-state index contributed by atoms with van der Waals surface area (Å²) in [5.74, 6) is 0.143. The van der Waals surface area contributed by atoms with E-state index in [2.05, 4.69) is 16.1 Å². The second-order valence-electron chi connectivity index (χ2n) is 5.59. The predicted molar refractivity (Wildman–Crippen MR) is 80.5 cm³/mol. The van der Waals surface area contributed by atoms with Crippen LogP contribution in [0.3, 0.4) is 0 Å². The zero-order valence-electron chi connectivity index (χ0n) is 12.5. The van der Waals surface area contributed by atoms with Crippen molar-refractivity contribution in [2.24, 2.45) is 5.92 Å². The molecule has 0 aromatic carbocycles. The van der Waals surface area contributed by atoms with Crippen molar-refractivity contribution < 1.29 is 9.59 Å². The SMILES string of the molecule is CCC(C)C1NC(=O)C(C)N(Cc2cscc2C)C1=O. The molecule has 2 amide bonds. The van der Waals surface area contributed by atoms with Crippen molar-refractivity contribution in [2.75, 3.05) is 0 Å². The molecule has 1 aromatic heterocycles. The zero-order chi connectivity index (χ0) is 14.9. The van der Waals surface area contributed by atoms with Gasteiger partial charge in [0.25, 0.3) is 0 Å². The van der Waals surface area contributed by atoms with Crippen molar-refractivity contribution in [1.82, 2.24) is 10.2 Å². The Hall–Kier alpha value is -1.36. The van der Waals surface area contributed by atoms with E-state index >= 15 is 0 Å². The summed E-state index contributed by atoms with van der Waals surface area (Å²) in [6, 6.07) is -0.787. The van der Waals surface area contributed by atoms with Gasteiger partial charge < -0.3 is 10.2 Å². The summed E-state index contributed by atoms with van der Waals surface area (Å²) in [5, 5.41) is 6.99. The van der Waals surface area contributed by atoms with Gasteiger partial charge in [0, 0.05) is 6.54 Å². The van der Waals surface area contributed by atoms with Crippen molar-refractivity contribution in [3.63, 3.8) is 0 Å². The van der Waals surface area contributed by atoms with Crippen LogP contribution in [-0.4, -0.2) is 28.8 Å². The molecule has 0 spiro atoms. The van der Waals surface area contributed by atoms with E-state index in [0.717, 1.165) is 12.0 Å². The highest BCUT2D eigenvalue weighted by molar-refractivity contribution is 7.08. The van der Waals surface area contributed by atoms with Crippen molar-refractivity contribution in [2.45, 2.75) is 52.7 Å². The van der Waals surface area contributed by atoms with E-state index in [1.165, 1.54) is 5.56 Å². The second kappa shape index (κ2) is 5.95. The lowest BCUT2D eigenvalue weighted by Crippen LogP contribution is -2.63. The quantitative estimate of drug-likeness (QED) is 0.926. The minimum atomic E-state index is -0.401. The highest BCUT2D eigenvalue weighted by Gasteiger charge is 2.40. The third kappa shape index (κ3) is 2.73. The van der Waals surface area contributed by atoms with Gasteiger partial charge in [-0.1, -0.05) is 20.3 Å². The van der Waals surface area contributed by atoms with Crippen LogP contribution in [0.1, 0.15) is 38.3 Å². The monoisotopic (exact) mass is 294 g/mol. The van der Waals surface area contributed by atoms with Gasteiger partial charge in [-0.2, -0.15) is 11.3 Å². The molecule has 4 nitrogen and oxygen atoms in total. The van der Waals surface area contributed by atoms with Crippen LogP contribution in [0.4, 0.5) is 0 Å². The zero-order valence-corrected chi connectivity index (χ0v) is 13.3. The minimum absolute atomic E-state index is 0.0389. The van der Waals surface area contributed by atoms with E-state index in [0.29, 0.717) is 6.54 Å². The van der Waals surface area contributed by atoms with Crippen LogP contribution >= 0.6 is 11.3 Å². The van der Waals surface area contributed by atoms with Gasteiger partial charge in [0.2, 0.25) is 11.8 Å². The molecule has 2 heterocycles. The van der Waals surface area contributed by atoms with Gasteiger partial charge in [0.1, 0.15) is 12.1 Å². The van der Waals surface area contributed by atoms with Crippen LogP contribution in [0.25, 0.3) is 0 Å². The van der Waals surface area contributed by atoms with Crippen LogP contribution in [0.15, 0.2) is 10.8 Å². The molecule has 0 saturated carbocycles. The Morgan fingerprint density at radius 3 is 2.65 bits per heavy atom. The molecule has 0 radical (unpaired) electrons. The van der Waals surface area contributed by atoms with Crippen LogP contribution in [0.2, 0.25) is 0 Å². The molecule has 1 aliphatic heterocycles. The maximum Gasteiger partial charge on any atom is 0.246 e. The van der Waals surface area contributed by atoms with Crippen LogP contribution in [0, 0.1) is 12.8 Å². The number of aryl methyl sites for hydroxylation is 1.